The average molecular weight is 282 g/mol. The van der Waals surface area contributed by atoms with Gasteiger partial charge in [-0.05, 0) is 24.7 Å². The molecular weight excluding hydrogens is 256 g/mol. The second kappa shape index (κ2) is 10.1. The summed E-state index contributed by atoms with van der Waals surface area (Å²) in [5.74, 6) is 1.97. The van der Waals surface area contributed by atoms with Crippen molar-refractivity contribution in [1.29, 1.82) is 0 Å². The third-order valence-electron chi connectivity index (χ3n) is 2.87. The number of aliphatic carboxylic acids is 1. The summed E-state index contributed by atoms with van der Waals surface area (Å²) < 4.78 is 0. The standard InChI is InChI=1S/C15H26N2O3/c1-5-7-17(8-6-2)15(20)16-11-13(9-12(3)4)10-14(18)19/h1,12-13H,6-11H2,2-4H3,(H,16,20)(H,18,19)/t13-/m0/s1. The Labute approximate surface area is 121 Å². The summed E-state index contributed by atoms with van der Waals surface area (Å²) in [6.45, 7) is 7.30. The first kappa shape index (κ1) is 18.3. The SMILES string of the molecule is C#CCN(CCC)C(=O)NC[C@H](CC(=O)O)CC(C)C. The van der Waals surface area contributed by atoms with Crippen LogP contribution in [-0.4, -0.2) is 41.6 Å². The smallest absolute Gasteiger partial charge is 0.318 e. The number of urea groups is 1. The lowest BCUT2D eigenvalue weighted by molar-refractivity contribution is -0.138. The van der Waals surface area contributed by atoms with E-state index in [1.807, 2.05) is 20.8 Å². The topological polar surface area (TPSA) is 69.6 Å². The van der Waals surface area contributed by atoms with Crippen molar-refractivity contribution in [3.63, 3.8) is 0 Å². The molecule has 0 rings (SSSR count). The van der Waals surface area contributed by atoms with Crippen molar-refractivity contribution in [3.05, 3.63) is 0 Å². The van der Waals surface area contributed by atoms with E-state index in [9.17, 15) is 9.59 Å². The molecule has 0 radical (unpaired) electrons. The molecule has 1 atom stereocenters. The fourth-order valence-electron chi connectivity index (χ4n) is 2.13. The first-order valence-electron chi connectivity index (χ1n) is 7.08. The molecule has 20 heavy (non-hydrogen) atoms. The molecule has 0 aliphatic heterocycles. The van der Waals surface area contributed by atoms with Crippen LogP contribution in [0.2, 0.25) is 0 Å². The van der Waals surface area contributed by atoms with E-state index in [-0.39, 0.29) is 24.9 Å². The van der Waals surface area contributed by atoms with Gasteiger partial charge < -0.3 is 15.3 Å². The predicted octanol–water partition coefficient (Wildman–Crippen LogP) is 2.18. The number of amides is 2. The Morgan fingerprint density at radius 1 is 1.40 bits per heavy atom. The molecule has 0 spiro atoms. The molecule has 2 N–H and O–H groups in total. The van der Waals surface area contributed by atoms with Gasteiger partial charge in [-0.2, -0.15) is 0 Å². The van der Waals surface area contributed by atoms with Crippen molar-refractivity contribution < 1.29 is 14.7 Å². The zero-order chi connectivity index (χ0) is 15.5. The first-order chi connectivity index (χ1) is 9.40. The Bertz CT molecular complexity index is 348. The fourth-order valence-corrected chi connectivity index (χ4v) is 2.13. The summed E-state index contributed by atoms with van der Waals surface area (Å²) in [6.07, 6.45) is 6.91. The lowest BCUT2D eigenvalue weighted by atomic mass is 9.94. The van der Waals surface area contributed by atoms with E-state index in [0.717, 1.165) is 12.8 Å². The number of nitrogens with one attached hydrogen (secondary N) is 1. The number of rotatable bonds is 9. The van der Waals surface area contributed by atoms with Crippen molar-refractivity contribution >= 4 is 12.0 Å². The highest BCUT2D eigenvalue weighted by Crippen LogP contribution is 2.14. The molecule has 0 fully saturated rings. The summed E-state index contributed by atoms with van der Waals surface area (Å²) in [7, 11) is 0. The van der Waals surface area contributed by atoms with Gasteiger partial charge >= 0.3 is 12.0 Å². The van der Waals surface area contributed by atoms with Gasteiger partial charge in [-0.25, -0.2) is 4.79 Å². The predicted molar refractivity (Wildman–Crippen MR) is 79.3 cm³/mol. The number of hydrogen-bond donors (Lipinski definition) is 2. The van der Waals surface area contributed by atoms with Crippen molar-refractivity contribution in [2.24, 2.45) is 11.8 Å². The number of carbonyl (C=O) groups is 2. The van der Waals surface area contributed by atoms with Crippen molar-refractivity contribution in [2.75, 3.05) is 19.6 Å². The Balaban J connectivity index is 4.39. The van der Waals surface area contributed by atoms with Gasteiger partial charge in [-0.15, -0.1) is 6.42 Å². The lowest BCUT2D eigenvalue weighted by Gasteiger charge is -2.23. The molecule has 0 aliphatic rings. The molecule has 0 aromatic rings. The monoisotopic (exact) mass is 282 g/mol. The molecule has 5 heteroatoms. The Hall–Kier alpha value is -1.70. The van der Waals surface area contributed by atoms with E-state index < -0.39 is 5.97 Å². The Morgan fingerprint density at radius 3 is 2.50 bits per heavy atom. The van der Waals surface area contributed by atoms with Crippen LogP contribution in [0.5, 0.6) is 0 Å². The van der Waals surface area contributed by atoms with Crippen LogP contribution in [0.25, 0.3) is 0 Å². The molecule has 0 aromatic heterocycles. The van der Waals surface area contributed by atoms with Crippen LogP contribution in [-0.2, 0) is 4.79 Å². The fraction of sp³-hybridized carbons (Fsp3) is 0.733. The molecule has 2 amide bonds. The van der Waals surface area contributed by atoms with Gasteiger partial charge in [0.25, 0.3) is 0 Å². The van der Waals surface area contributed by atoms with Gasteiger partial charge in [-0.3, -0.25) is 4.79 Å². The maximum absolute atomic E-state index is 12.0. The number of carboxylic acids is 1. The molecule has 0 saturated carbocycles. The van der Waals surface area contributed by atoms with Gasteiger partial charge in [0, 0.05) is 19.5 Å². The number of nitrogens with zero attached hydrogens (tertiary/aromatic N) is 1. The van der Waals surface area contributed by atoms with Crippen LogP contribution in [0.15, 0.2) is 0 Å². The summed E-state index contributed by atoms with van der Waals surface area (Å²) in [4.78, 5) is 24.4. The van der Waals surface area contributed by atoms with Gasteiger partial charge in [0.15, 0.2) is 0 Å². The number of carbonyl (C=O) groups excluding carboxylic acids is 1. The molecule has 0 heterocycles. The number of carboxylic acid groups (broad SMARTS) is 1. The zero-order valence-electron chi connectivity index (χ0n) is 12.7. The summed E-state index contributed by atoms with van der Waals surface area (Å²) in [6, 6.07) is -0.219. The minimum atomic E-state index is -0.834. The first-order valence-corrected chi connectivity index (χ1v) is 7.08. The van der Waals surface area contributed by atoms with Crippen LogP contribution in [0.1, 0.15) is 40.0 Å². The van der Waals surface area contributed by atoms with Crippen molar-refractivity contribution in [1.82, 2.24) is 10.2 Å². The third kappa shape index (κ3) is 8.41. The highest BCUT2D eigenvalue weighted by molar-refractivity contribution is 5.74. The van der Waals surface area contributed by atoms with E-state index in [1.165, 1.54) is 0 Å². The molecule has 0 bridgehead atoms. The molecule has 5 nitrogen and oxygen atoms in total. The van der Waals surface area contributed by atoms with Crippen LogP contribution >= 0.6 is 0 Å². The Morgan fingerprint density at radius 2 is 2.05 bits per heavy atom. The number of terminal acetylenes is 1. The average Bonchev–Trinajstić information content (AvgIpc) is 2.34. The van der Waals surface area contributed by atoms with Crippen LogP contribution in [0.3, 0.4) is 0 Å². The van der Waals surface area contributed by atoms with Crippen molar-refractivity contribution in [3.8, 4) is 12.3 Å². The zero-order valence-corrected chi connectivity index (χ0v) is 12.7. The van der Waals surface area contributed by atoms with Crippen LogP contribution < -0.4 is 5.32 Å². The van der Waals surface area contributed by atoms with Gasteiger partial charge in [0.05, 0.1) is 6.54 Å². The maximum atomic E-state index is 12.0. The normalized spacial score (nSPS) is 11.8. The molecule has 114 valence electrons. The van der Waals surface area contributed by atoms with Gasteiger partial charge in [-0.1, -0.05) is 26.7 Å². The van der Waals surface area contributed by atoms with E-state index in [4.69, 9.17) is 11.5 Å². The highest BCUT2D eigenvalue weighted by atomic mass is 16.4. The van der Waals surface area contributed by atoms with Crippen LogP contribution in [0, 0.1) is 24.2 Å². The van der Waals surface area contributed by atoms with Crippen molar-refractivity contribution in [2.45, 2.75) is 40.0 Å². The second-order valence-electron chi connectivity index (χ2n) is 5.41. The summed E-state index contributed by atoms with van der Waals surface area (Å²) >= 11 is 0. The second-order valence-corrected chi connectivity index (χ2v) is 5.41. The maximum Gasteiger partial charge on any atom is 0.318 e. The molecular formula is C15H26N2O3. The molecule has 0 saturated heterocycles. The number of hydrogen-bond acceptors (Lipinski definition) is 2. The van der Waals surface area contributed by atoms with E-state index in [0.29, 0.717) is 19.0 Å². The van der Waals surface area contributed by atoms with E-state index in [2.05, 4.69) is 11.2 Å². The Kier molecular flexibility index (Phi) is 9.27. The molecule has 0 aromatic carbocycles. The lowest BCUT2D eigenvalue weighted by Crippen LogP contribution is -2.42. The van der Waals surface area contributed by atoms with Crippen LogP contribution in [0.4, 0.5) is 4.79 Å². The third-order valence-corrected chi connectivity index (χ3v) is 2.87. The summed E-state index contributed by atoms with van der Waals surface area (Å²) in [5.41, 5.74) is 0. The minimum absolute atomic E-state index is 0.0502. The van der Waals surface area contributed by atoms with E-state index in [1.54, 1.807) is 4.90 Å². The van der Waals surface area contributed by atoms with E-state index >= 15 is 0 Å². The largest absolute Gasteiger partial charge is 0.481 e. The summed E-state index contributed by atoms with van der Waals surface area (Å²) in [5, 5.41) is 11.7. The quantitative estimate of drug-likeness (QED) is 0.637. The minimum Gasteiger partial charge on any atom is -0.481 e. The molecule has 0 aliphatic carbocycles. The highest BCUT2D eigenvalue weighted by Gasteiger charge is 2.18. The van der Waals surface area contributed by atoms with Gasteiger partial charge in [0.2, 0.25) is 0 Å². The van der Waals surface area contributed by atoms with Gasteiger partial charge in [0.1, 0.15) is 0 Å². The molecule has 0 unspecified atom stereocenters.